The van der Waals surface area contributed by atoms with Gasteiger partial charge in [0.25, 0.3) is 11.8 Å². The second-order valence-electron chi connectivity index (χ2n) is 7.19. The summed E-state index contributed by atoms with van der Waals surface area (Å²) in [5.41, 5.74) is 0.945. The fourth-order valence-corrected chi connectivity index (χ4v) is 4.14. The lowest BCUT2D eigenvalue weighted by Gasteiger charge is -2.33. The molecule has 1 aliphatic heterocycles. The summed E-state index contributed by atoms with van der Waals surface area (Å²) in [7, 11) is 3.35. The Labute approximate surface area is 147 Å². The molecule has 134 valence electrons. The minimum atomic E-state index is -0.929. The zero-order valence-electron chi connectivity index (χ0n) is 14.6. The summed E-state index contributed by atoms with van der Waals surface area (Å²) in [5, 5.41) is 9.56. The van der Waals surface area contributed by atoms with Crippen molar-refractivity contribution in [1.82, 2.24) is 9.80 Å². The van der Waals surface area contributed by atoms with Gasteiger partial charge in [-0.05, 0) is 49.4 Å². The largest absolute Gasteiger partial charge is 0.480 e. The number of benzene rings is 1. The number of carbonyl (C=O) groups excluding carboxylic acids is 2. The van der Waals surface area contributed by atoms with Gasteiger partial charge in [-0.25, -0.2) is 4.79 Å². The van der Waals surface area contributed by atoms with Gasteiger partial charge in [0, 0.05) is 31.3 Å². The topological polar surface area (TPSA) is 77.9 Å². The number of likely N-dealkylation sites (tertiary alicyclic amines) is 1. The van der Waals surface area contributed by atoms with E-state index >= 15 is 0 Å². The standard InChI is InChI=1S/C19H24N2O4/c1-20(2)17(22)12-7-9-13(10-8-12)18(23)21-15-6-4-3-5-14(15)11-16(21)19(24)25/h7-10,14-16H,3-6,11H2,1-2H3,(H,24,25). The van der Waals surface area contributed by atoms with Crippen molar-refractivity contribution in [2.75, 3.05) is 14.1 Å². The van der Waals surface area contributed by atoms with Gasteiger partial charge in [0.05, 0.1) is 0 Å². The first-order valence-electron chi connectivity index (χ1n) is 8.77. The minimum Gasteiger partial charge on any atom is -0.480 e. The summed E-state index contributed by atoms with van der Waals surface area (Å²) in [6.07, 6.45) is 4.55. The summed E-state index contributed by atoms with van der Waals surface area (Å²) >= 11 is 0. The van der Waals surface area contributed by atoms with Crippen LogP contribution in [0.5, 0.6) is 0 Å². The molecule has 1 saturated carbocycles. The van der Waals surface area contributed by atoms with Crippen LogP contribution in [0.1, 0.15) is 52.8 Å². The molecule has 2 amide bonds. The first-order chi connectivity index (χ1) is 11.9. The lowest BCUT2D eigenvalue weighted by atomic mass is 9.84. The van der Waals surface area contributed by atoms with E-state index in [2.05, 4.69) is 0 Å². The molecule has 1 heterocycles. The van der Waals surface area contributed by atoms with Crippen LogP contribution in [-0.4, -0.2) is 58.9 Å². The van der Waals surface area contributed by atoms with Gasteiger partial charge in [0.15, 0.2) is 0 Å². The molecule has 1 N–H and O–H groups in total. The Balaban J connectivity index is 1.85. The van der Waals surface area contributed by atoms with Crippen LogP contribution in [0.25, 0.3) is 0 Å². The molecule has 3 unspecified atom stereocenters. The maximum absolute atomic E-state index is 13.0. The fraction of sp³-hybridized carbons (Fsp3) is 0.526. The van der Waals surface area contributed by atoms with Crippen molar-refractivity contribution in [2.24, 2.45) is 5.92 Å². The Kier molecular flexibility index (Phi) is 4.79. The van der Waals surface area contributed by atoms with Crippen LogP contribution in [0.3, 0.4) is 0 Å². The molecule has 1 saturated heterocycles. The summed E-state index contributed by atoms with van der Waals surface area (Å²) in [4.78, 5) is 39.7. The molecule has 1 aliphatic carbocycles. The van der Waals surface area contributed by atoms with Gasteiger partial charge in [-0.3, -0.25) is 9.59 Å². The van der Waals surface area contributed by atoms with E-state index in [1.54, 1.807) is 43.3 Å². The summed E-state index contributed by atoms with van der Waals surface area (Å²) in [5.74, 6) is -1.02. The second kappa shape index (κ2) is 6.86. The second-order valence-corrected chi connectivity index (χ2v) is 7.19. The van der Waals surface area contributed by atoms with Gasteiger partial charge in [0.1, 0.15) is 6.04 Å². The van der Waals surface area contributed by atoms with E-state index in [9.17, 15) is 19.5 Å². The van der Waals surface area contributed by atoms with E-state index < -0.39 is 12.0 Å². The molecule has 2 fully saturated rings. The number of fused-ring (bicyclic) bond motifs is 1. The molecular weight excluding hydrogens is 320 g/mol. The van der Waals surface area contributed by atoms with Crippen LogP contribution in [0.2, 0.25) is 0 Å². The molecule has 25 heavy (non-hydrogen) atoms. The summed E-state index contributed by atoms with van der Waals surface area (Å²) < 4.78 is 0. The number of carboxylic acid groups (broad SMARTS) is 1. The van der Waals surface area contributed by atoms with E-state index in [1.165, 1.54) is 4.90 Å². The summed E-state index contributed by atoms with van der Waals surface area (Å²) in [6.45, 7) is 0. The minimum absolute atomic E-state index is 0.0189. The number of aliphatic carboxylic acids is 1. The Morgan fingerprint density at radius 3 is 2.24 bits per heavy atom. The lowest BCUT2D eigenvalue weighted by Crippen LogP contribution is -2.46. The summed E-state index contributed by atoms with van der Waals surface area (Å²) in [6, 6.07) is 5.76. The maximum atomic E-state index is 13.0. The van der Waals surface area contributed by atoms with Gasteiger partial charge in [0.2, 0.25) is 0 Å². The molecule has 0 spiro atoms. The molecule has 1 aromatic carbocycles. The zero-order valence-corrected chi connectivity index (χ0v) is 14.6. The van der Waals surface area contributed by atoms with Crippen LogP contribution in [0.4, 0.5) is 0 Å². The number of hydrogen-bond acceptors (Lipinski definition) is 3. The zero-order chi connectivity index (χ0) is 18.1. The van der Waals surface area contributed by atoms with Crippen molar-refractivity contribution in [3.8, 4) is 0 Å². The average Bonchev–Trinajstić information content (AvgIpc) is 3.00. The van der Waals surface area contributed by atoms with Gasteiger partial charge in [-0.2, -0.15) is 0 Å². The van der Waals surface area contributed by atoms with Gasteiger partial charge in [-0.1, -0.05) is 12.8 Å². The molecule has 6 heteroatoms. The van der Waals surface area contributed by atoms with Gasteiger partial charge < -0.3 is 14.9 Å². The highest BCUT2D eigenvalue weighted by Crippen LogP contribution is 2.40. The monoisotopic (exact) mass is 344 g/mol. The third kappa shape index (κ3) is 3.25. The lowest BCUT2D eigenvalue weighted by molar-refractivity contribution is -0.141. The van der Waals surface area contributed by atoms with Crippen molar-refractivity contribution in [3.05, 3.63) is 35.4 Å². The van der Waals surface area contributed by atoms with Crippen molar-refractivity contribution < 1.29 is 19.5 Å². The van der Waals surface area contributed by atoms with Crippen LogP contribution in [0.15, 0.2) is 24.3 Å². The van der Waals surface area contributed by atoms with Crippen LogP contribution in [-0.2, 0) is 4.79 Å². The third-order valence-corrected chi connectivity index (χ3v) is 5.39. The molecule has 0 radical (unpaired) electrons. The predicted octanol–water partition coefficient (Wildman–Crippen LogP) is 2.25. The van der Waals surface area contributed by atoms with Gasteiger partial charge >= 0.3 is 5.97 Å². The Bertz CT molecular complexity index is 683. The van der Waals surface area contributed by atoms with E-state index in [4.69, 9.17) is 0 Å². The maximum Gasteiger partial charge on any atom is 0.326 e. The molecule has 3 rings (SSSR count). The number of amides is 2. The molecule has 2 aliphatic rings. The number of carbonyl (C=O) groups is 3. The van der Waals surface area contributed by atoms with Crippen molar-refractivity contribution in [2.45, 2.75) is 44.2 Å². The molecule has 1 aromatic rings. The van der Waals surface area contributed by atoms with E-state index in [-0.39, 0.29) is 23.8 Å². The van der Waals surface area contributed by atoms with Crippen LogP contribution < -0.4 is 0 Å². The van der Waals surface area contributed by atoms with E-state index in [0.717, 1.165) is 25.7 Å². The van der Waals surface area contributed by atoms with Crippen LogP contribution in [0, 0.1) is 5.92 Å². The third-order valence-electron chi connectivity index (χ3n) is 5.39. The molecule has 6 nitrogen and oxygen atoms in total. The van der Waals surface area contributed by atoms with Crippen LogP contribution >= 0.6 is 0 Å². The number of rotatable bonds is 3. The van der Waals surface area contributed by atoms with Crippen molar-refractivity contribution in [1.29, 1.82) is 0 Å². The van der Waals surface area contributed by atoms with Gasteiger partial charge in [-0.15, -0.1) is 0 Å². The molecule has 0 aromatic heterocycles. The first-order valence-corrected chi connectivity index (χ1v) is 8.77. The molecular formula is C19H24N2O4. The SMILES string of the molecule is CN(C)C(=O)c1ccc(C(=O)N2C(C(=O)O)CC3CCCCC32)cc1. The highest BCUT2D eigenvalue weighted by Gasteiger charge is 2.47. The molecule has 0 bridgehead atoms. The predicted molar refractivity (Wildman–Crippen MR) is 92.4 cm³/mol. The first kappa shape index (κ1) is 17.5. The Hall–Kier alpha value is -2.37. The number of carboxylic acids is 1. The van der Waals surface area contributed by atoms with E-state index in [1.807, 2.05) is 0 Å². The Morgan fingerprint density at radius 1 is 1.04 bits per heavy atom. The number of nitrogens with zero attached hydrogens (tertiary/aromatic N) is 2. The average molecular weight is 344 g/mol. The Morgan fingerprint density at radius 2 is 1.64 bits per heavy atom. The highest BCUT2D eigenvalue weighted by molar-refractivity contribution is 5.99. The smallest absolute Gasteiger partial charge is 0.326 e. The fourth-order valence-electron chi connectivity index (χ4n) is 4.14. The normalized spacial score (nSPS) is 25.4. The highest BCUT2D eigenvalue weighted by atomic mass is 16.4. The number of hydrogen-bond donors (Lipinski definition) is 1. The molecule has 3 atom stereocenters. The van der Waals surface area contributed by atoms with E-state index in [0.29, 0.717) is 17.5 Å². The quantitative estimate of drug-likeness (QED) is 0.912. The van der Waals surface area contributed by atoms with Crippen molar-refractivity contribution >= 4 is 17.8 Å². The van der Waals surface area contributed by atoms with Crippen molar-refractivity contribution in [3.63, 3.8) is 0 Å².